The lowest BCUT2D eigenvalue weighted by atomic mass is 10.0. The molecule has 0 aliphatic carbocycles. The number of carbonyl (C=O) groups is 2. The zero-order valence-electron chi connectivity index (χ0n) is 13.2. The number of carbonyl (C=O) groups excluding carboxylic acids is 2. The van der Waals surface area contributed by atoms with Crippen LogP contribution in [0.1, 0.15) is 22.5 Å². The SMILES string of the molecule is COCC(=O)N1CCCc2cc(NC(=O)c3ccc(Br)o3)ccc21. The smallest absolute Gasteiger partial charge is 0.291 e. The zero-order chi connectivity index (χ0) is 17.1. The van der Waals surface area contributed by atoms with Gasteiger partial charge in [-0.3, -0.25) is 9.59 Å². The monoisotopic (exact) mass is 392 g/mol. The van der Waals surface area contributed by atoms with E-state index in [0.29, 0.717) is 16.9 Å². The molecule has 6 nitrogen and oxygen atoms in total. The Bertz CT molecular complexity index is 772. The van der Waals surface area contributed by atoms with Crippen molar-refractivity contribution in [2.45, 2.75) is 12.8 Å². The van der Waals surface area contributed by atoms with E-state index < -0.39 is 0 Å². The van der Waals surface area contributed by atoms with Gasteiger partial charge in [-0.05, 0) is 64.7 Å². The average Bonchev–Trinajstić information content (AvgIpc) is 3.01. The summed E-state index contributed by atoms with van der Waals surface area (Å²) < 4.78 is 10.7. The van der Waals surface area contributed by atoms with Gasteiger partial charge in [-0.2, -0.15) is 0 Å². The lowest BCUT2D eigenvalue weighted by Gasteiger charge is -2.29. The van der Waals surface area contributed by atoms with Gasteiger partial charge in [0, 0.05) is 25.0 Å². The maximum atomic E-state index is 12.1. The number of halogens is 1. The first kappa shape index (κ1) is 16.7. The Morgan fingerprint density at radius 3 is 2.88 bits per heavy atom. The molecule has 0 saturated heterocycles. The van der Waals surface area contributed by atoms with E-state index in [9.17, 15) is 9.59 Å². The van der Waals surface area contributed by atoms with Crippen molar-refractivity contribution in [2.75, 3.05) is 30.5 Å². The van der Waals surface area contributed by atoms with Gasteiger partial charge in [0.25, 0.3) is 11.8 Å². The number of aryl methyl sites for hydroxylation is 1. The number of hydrogen-bond donors (Lipinski definition) is 1. The van der Waals surface area contributed by atoms with Crippen LogP contribution >= 0.6 is 15.9 Å². The molecule has 2 heterocycles. The van der Waals surface area contributed by atoms with Crippen molar-refractivity contribution >= 4 is 39.1 Å². The molecule has 0 saturated carbocycles. The van der Waals surface area contributed by atoms with Crippen LogP contribution in [0.25, 0.3) is 0 Å². The van der Waals surface area contributed by atoms with Crippen LogP contribution < -0.4 is 10.2 Å². The predicted octanol–water partition coefficient (Wildman–Crippen LogP) is 3.22. The third-order valence-electron chi connectivity index (χ3n) is 3.82. The first-order valence-electron chi connectivity index (χ1n) is 7.57. The van der Waals surface area contributed by atoms with E-state index in [1.165, 1.54) is 7.11 Å². The number of amides is 2. The number of nitrogens with zero attached hydrogens (tertiary/aromatic N) is 1. The van der Waals surface area contributed by atoms with Crippen LogP contribution in [0.4, 0.5) is 11.4 Å². The number of ether oxygens (including phenoxy) is 1. The number of fused-ring (bicyclic) bond motifs is 1. The Morgan fingerprint density at radius 1 is 1.33 bits per heavy atom. The van der Waals surface area contributed by atoms with Crippen molar-refractivity contribution in [2.24, 2.45) is 0 Å². The van der Waals surface area contributed by atoms with Crippen LogP contribution in [0.2, 0.25) is 0 Å². The Labute approximate surface area is 147 Å². The standard InChI is InChI=1S/C17H17BrN2O4/c1-23-10-16(21)20-8-2-3-11-9-12(4-5-13(11)20)19-17(22)14-6-7-15(18)24-14/h4-7,9H,2-3,8,10H2,1H3,(H,19,22). The fourth-order valence-electron chi connectivity index (χ4n) is 2.76. The summed E-state index contributed by atoms with van der Waals surface area (Å²) in [6.07, 6.45) is 1.74. The molecule has 0 radical (unpaired) electrons. The van der Waals surface area contributed by atoms with E-state index in [-0.39, 0.29) is 24.2 Å². The molecule has 0 fully saturated rings. The van der Waals surface area contributed by atoms with Crippen molar-refractivity contribution in [1.82, 2.24) is 0 Å². The molecule has 0 bridgehead atoms. The maximum Gasteiger partial charge on any atom is 0.291 e. The van der Waals surface area contributed by atoms with Crippen LogP contribution in [0.15, 0.2) is 39.4 Å². The molecule has 2 aromatic rings. The highest BCUT2D eigenvalue weighted by Crippen LogP contribution is 2.30. The van der Waals surface area contributed by atoms with Crippen molar-refractivity contribution in [3.05, 3.63) is 46.3 Å². The number of nitrogens with one attached hydrogen (secondary N) is 1. The molecule has 0 spiro atoms. The second-order valence-corrected chi connectivity index (χ2v) is 6.26. The minimum Gasteiger partial charge on any atom is -0.444 e. The summed E-state index contributed by atoms with van der Waals surface area (Å²) >= 11 is 3.17. The topological polar surface area (TPSA) is 71.8 Å². The van der Waals surface area contributed by atoms with Crippen LogP contribution in [0.3, 0.4) is 0 Å². The lowest BCUT2D eigenvalue weighted by molar-refractivity contribution is -0.122. The fourth-order valence-corrected chi connectivity index (χ4v) is 3.07. The first-order valence-corrected chi connectivity index (χ1v) is 8.36. The maximum absolute atomic E-state index is 12.1. The van der Waals surface area contributed by atoms with Gasteiger partial charge in [0.2, 0.25) is 0 Å². The Hall–Kier alpha value is -2.12. The molecule has 1 aliphatic rings. The Morgan fingerprint density at radius 2 is 2.17 bits per heavy atom. The normalized spacial score (nSPS) is 13.5. The molecule has 2 amide bonds. The number of hydrogen-bond acceptors (Lipinski definition) is 4. The van der Waals surface area contributed by atoms with E-state index in [1.54, 1.807) is 23.1 Å². The summed E-state index contributed by atoms with van der Waals surface area (Å²) in [5, 5.41) is 2.81. The largest absolute Gasteiger partial charge is 0.444 e. The number of furan rings is 1. The molecule has 7 heteroatoms. The summed E-state index contributed by atoms with van der Waals surface area (Å²) in [5.41, 5.74) is 2.58. The number of rotatable bonds is 4. The second-order valence-electron chi connectivity index (χ2n) is 5.48. The van der Waals surface area contributed by atoms with Gasteiger partial charge in [-0.15, -0.1) is 0 Å². The van der Waals surface area contributed by atoms with Gasteiger partial charge in [0.05, 0.1) is 0 Å². The van der Waals surface area contributed by atoms with Crippen LogP contribution in [0, 0.1) is 0 Å². The van der Waals surface area contributed by atoms with Crippen molar-refractivity contribution in [3.63, 3.8) is 0 Å². The number of methoxy groups -OCH3 is 1. The minimum absolute atomic E-state index is 0.0596. The van der Waals surface area contributed by atoms with E-state index in [0.717, 1.165) is 24.1 Å². The average molecular weight is 393 g/mol. The first-order chi connectivity index (χ1) is 11.6. The van der Waals surface area contributed by atoms with Gasteiger partial charge in [0.1, 0.15) is 6.61 Å². The van der Waals surface area contributed by atoms with Crippen LogP contribution in [0.5, 0.6) is 0 Å². The van der Waals surface area contributed by atoms with Crippen molar-refractivity contribution < 1.29 is 18.7 Å². The van der Waals surface area contributed by atoms with Gasteiger partial charge in [-0.25, -0.2) is 0 Å². The molecule has 24 heavy (non-hydrogen) atoms. The Kier molecular flexibility index (Phi) is 5.01. The summed E-state index contributed by atoms with van der Waals surface area (Å²) in [5.74, 6) is -0.143. The Balaban J connectivity index is 1.78. The summed E-state index contributed by atoms with van der Waals surface area (Å²) in [7, 11) is 1.51. The highest BCUT2D eigenvalue weighted by Gasteiger charge is 2.23. The van der Waals surface area contributed by atoms with Crippen LogP contribution in [-0.2, 0) is 16.0 Å². The number of anilines is 2. The molecular weight excluding hydrogens is 376 g/mol. The third kappa shape index (κ3) is 3.52. The van der Waals surface area contributed by atoms with Gasteiger partial charge >= 0.3 is 0 Å². The van der Waals surface area contributed by atoms with Gasteiger partial charge in [0.15, 0.2) is 10.4 Å². The van der Waals surface area contributed by atoms with Crippen molar-refractivity contribution in [1.29, 1.82) is 0 Å². The van der Waals surface area contributed by atoms with Gasteiger partial charge in [-0.1, -0.05) is 0 Å². The molecule has 126 valence electrons. The predicted molar refractivity (Wildman–Crippen MR) is 93.4 cm³/mol. The fraction of sp³-hybridized carbons (Fsp3) is 0.294. The minimum atomic E-state index is -0.316. The summed E-state index contributed by atoms with van der Waals surface area (Å²) in [6, 6.07) is 8.81. The molecular formula is C17H17BrN2O4. The third-order valence-corrected chi connectivity index (χ3v) is 4.25. The van der Waals surface area contributed by atoms with Crippen LogP contribution in [-0.4, -0.2) is 32.1 Å². The van der Waals surface area contributed by atoms with Gasteiger partial charge < -0.3 is 19.4 Å². The summed E-state index contributed by atoms with van der Waals surface area (Å²) in [4.78, 5) is 26.0. The molecule has 1 aliphatic heterocycles. The van der Waals surface area contributed by atoms with Crippen molar-refractivity contribution in [3.8, 4) is 0 Å². The second kappa shape index (κ2) is 7.19. The lowest BCUT2D eigenvalue weighted by Crippen LogP contribution is -2.37. The molecule has 1 aromatic carbocycles. The van der Waals surface area contributed by atoms with E-state index >= 15 is 0 Å². The molecule has 3 rings (SSSR count). The highest BCUT2D eigenvalue weighted by atomic mass is 79.9. The number of benzene rings is 1. The summed E-state index contributed by atoms with van der Waals surface area (Å²) in [6.45, 7) is 0.743. The zero-order valence-corrected chi connectivity index (χ0v) is 14.8. The highest BCUT2D eigenvalue weighted by molar-refractivity contribution is 9.10. The molecule has 1 N–H and O–H groups in total. The van der Waals surface area contributed by atoms with E-state index in [1.807, 2.05) is 12.1 Å². The molecule has 1 aromatic heterocycles. The molecule has 0 unspecified atom stereocenters. The van der Waals surface area contributed by atoms with E-state index in [2.05, 4.69) is 21.2 Å². The quantitative estimate of drug-likeness (QED) is 0.866. The molecule has 0 atom stereocenters. The van der Waals surface area contributed by atoms with E-state index in [4.69, 9.17) is 9.15 Å².